The van der Waals surface area contributed by atoms with Crippen molar-refractivity contribution in [2.45, 2.75) is 6.18 Å². The van der Waals surface area contributed by atoms with Crippen molar-refractivity contribution in [3.05, 3.63) is 29.8 Å². The summed E-state index contributed by atoms with van der Waals surface area (Å²) in [5.74, 6) is 0. The van der Waals surface area contributed by atoms with Gasteiger partial charge in [-0.3, -0.25) is 9.69 Å². The predicted octanol–water partition coefficient (Wildman–Crippen LogP) is 3.66. The molecule has 1 rings (SSSR count). The van der Waals surface area contributed by atoms with Crippen LogP contribution >= 0.6 is 11.6 Å². The first-order chi connectivity index (χ1) is 7.80. The summed E-state index contributed by atoms with van der Waals surface area (Å²) in [6.07, 6.45) is -3.37. The van der Waals surface area contributed by atoms with Gasteiger partial charge in [0.1, 0.15) is 0 Å². The number of carbonyl (C=O) groups excluding carboxylic acids is 1. The number of hydrogen-bond acceptors (Lipinski definition) is 2. The number of amides is 1. The largest absolute Gasteiger partial charge is 0.416 e. The summed E-state index contributed by atoms with van der Waals surface area (Å²) in [5.41, 5.74) is -0.711. The van der Waals surface area contributed by atoms with Gasteiger partial charge < -0.3 is 0 Å². The molecular formula is C10H8ClF3N2O. The van der Waals surface area contributed by atoms with E-state index in [-0.39, 0.29) is 5.69 Å². The Morgan fingerprint density at radius 2 is 2.12 bits per heavy atom. The standard InChI is InChI=1S/C10H8ClF3N2O/c1-16(9(11)17)6-15-8-4-2-3-7(5-8)10(12,13)14/h2-6H,1H3. The molecule has 1 aromatic carbocycles. The predicted molar refractivity (Wildman–Crippen MR) is 58.6 cm³/mol. The minimum atomic E-state index is -4.42. The normalized spacial score (nSPS) is 11.8. The van der Waals surface area contributed by atoms with Crippen LogP contribution in [0.4, 0.5) is 23.7 Å². The van der Waals surface area contributed by atoms with Crippen LogP contribution in [0.15, 0.2) is 29.3 Å². The molecule has 0 unspecified atom stereocenters. The van der Waals surface area contributed by atoms with Crippen molar-refractivity contribution in [1.82, 2.24) is 4.90 Å². The maximum Gasteiger partial charge on any atom is 0.416 e. The fourth-order valence-corrected chi connectivity index (χ4v) is 1.00. The molecule has 1 aromatic rings. The van der Waals surface area contributed by atoms with Crippen LogP contribution in [-0.2, 0) is 6.18 Å². The molecule has 7 heteroatoms. The zero-order chi connectivity index (χ0) is 13.1. The molecule has 17 heavy (non-hydrogen) atoms. The molecular weight excluding hydrogens is 257 g/mol. The number of halogens is 4. The van der Waals surface area contributed by atoms with Crippen LogP contribution in [-0.4, -0.2) is 23.7 Å². The molecule has 0 N–H and O–H groups in total. The van der Waals surface area contributed by atoms with Crippen LogP contribution in [0.1, 0.15) is 5.56 Å². The molecule has 0 spiro atoms. The van der Waals surface area contributed by atoms with Crippen LogP contribution in [0.3, 0.4) is 0 Å². The van der Waals surface area contributed by atoms with Gasteiger partial charge in [0.2, 0.25) is 0 Å². The maximum absolute atomic E-state index is 12.4. The van der Waals surface area contributed by atoms with Crippen LogP contribution in [0.2, 0.25) is 0 Å². The van der Waals surface area contributed by atoms with Gasteiger partial charge in [-0.2, -0.15) is 13.2 Å². The Kier molecular flexibility index (Phi) is 4.11. The van der Waals surface area contributed by atoms with E-state index in [1.807, 2.05) is 0 Å². The SMILES string of the molecule is CN(C=Nc1cccc(C(F)(F)F)c1)C(=O)Cl. The second-order valence-electron chi connectivity index (χ2n) is 3.16. The highest BCUT2D eigenvalue weighted by Gasteiger charge is 2.30. The van der Waals surface area contributed by atoms with Gasteiger partial charge in [0.15, 0.2) is 0 Å². The van der Waals surface area contributed by atoms with Gasteiger partial charge in [-0.25, -0.2) is 4.99 Å². The minimum Gasteiger partial charge on any atom is -0.292 e. The third-order valence-corrected chi connectivity index (χ3v) is 2.10. The lowest BCUT2D eigenvalue weighted by Gasteiger charge is -2.07. The molecule has 0 saturated heterocycles. The first-order valence-corrected chi connectivity index (χ1v) is 4.82. The molecule has 0 heterocycles. The first kappa shape index (κ1) is 13.5. The van der Waals surface area contributed by atoms with Crippen molar-refractivity contribution < 1.29 is 18.0 Å². The zero-order valence-electron chi connectivity index (χ0n) is 8.70. The van der Waals surface area contributed by atoms with Crippen molar-refractivity contribution in [3.63, 3.8) is 0 Å². The Balaban J connectivity index is 2.90. The minimum absolute atomic E-state index is 0.0876. The van der Waals surface area contributed by atoms with Crippen molar-refractivity contribution >= 4 is 29.0 Å². The van der Waals surface area contributed by atoms with Gasteiger partial charge in [0.25, 0.3) is 0 Å². The Morgan fingerprint density at radius 3 is 2.65 bits per heavy atom. The van der Waals surface area contributed by atoms with Crippen molar-refractivity contribution in [3.8, 4) is 0 Å². The molecule has 0 aromatic heterocycles. The Hall–Kier alpha value is -1.56. The fraction of sp³-hybridized carbons (Fsp3) is 0.200. The van der Waals surface area contributed by atoms with Crippen LogP contribution < -0.4 is 0 Å². The van der Waals surface area contributed by atoms with Crippen LogP contribution in [0, 0.1) is 0 Å². The van der Waals surface area contributed by atoms with E-state index in [0.717, 1.165) is 23.4 Å². The molecule has 0 radical (unpaired) electrons. The van der Waals surface area contributed by atoms with E-state index in [0.29, 0.717) is 0 Å². The number of alkyl halides is 3. The van der Waals surface area contributed by atoms with Gasteiger partial charge in [-0.05, 0) is 29.8 Å². The Morgan fingerprint density at radius 1 is 1.47 bits per heavy atom. The van der Waals surface area contributed by atoms with Gasteiger partial charge in [-0.1, -0.05) is 6.07 Å². The van der Waals surface area contributed by atoms with E-state index in [1.54, 1.807) is 0 Å². The topological polar surface area (TPSA) is 32.7 Å². The van der Waals surface area contributed by atoms with Crippen molar-refractivity contribution in [2.75, 3.05) is 7.05 Å². The lowest BCUT2D eigenvalue weighted by atomic mass is 10.2. The van der Waals surface area contributed by atoms with Gasteiger partial charge >= 0.3 is 11.5 Å². The van der Waals surface area contributed by atoms with Crippen molar-refractivity contribution in [1.29, 1.82) is 0 Å². The van der Waals surface area contributed by atoms with E-state index >= 15 is 0 Å². The second-order valence-corrected chi connectivity index (χ2v) is 3.48. The number of hydrogen-bond donors (Lipinski definition) is 0. The van der Waals surface area contributed by atoms with Gasteiger partial charge in [-0.15, -0.1) is 0 Å². The number of aliphatic imine (C=N–C) groups is 1. The molecule has 0 aliphatic rings. The molecule has 3 nitrogen and oxygen atoms in total. The third kappa shape index (κ3) is 4.07. The average molecular weight is 265 g/mol. The average Bonchev–Trinajstić information content (AvgIpc) is 2.25. The summed E-state index contributed by atoms with van der Waals surface area (Å²) in [4.78, 5) is 15.3. The number of benzene rings is 1. The van der Waals surface area contributed by atoms with E-state index in [1.165, 1.54) is 19.2 Å². The highest BCUT2D eigenvalue weighted by Crippen LogP contribution is 2.31. The first-order valence-electron chi connectivity index (χ1n) is 4.44. The molecule has 92 valence electrons. The molecule has 0 atom stereocenters. The lowest BCUT2D eigenvalue weighted by Crippen LogP contribution is -2.18. The second kappa shape index (κ2) is 5.18. The summed E-state index contributed by atoms with van der Waals surface area (Å²) in [5, 5.41) is -0.777. The highest BCUT2D eigenvalue weighted by molar-refractivity contribution is 6.63. The van der Waals surface area contributed by atoms with E-state index in [4.69, 9.17) is 11.6 Å². The molecule has 0 aliphatic carbocycles. The fourth-order valence-electron chi connectivity index (χ4n) is 0.961. The molecule has 0 bridgehead atoms. The van der Waals surface area contributed by atoms with Gasteiger partial charge in [0.05, 0.1) is 17.6 Å². The Labute approximate surface area is 101 Å². The van der Waals surface area contributed by atoms with E-state index < -0.39 is 17.1 Å². The lowest BCUT2D eigenvalue weighted by molar-refractivity contribution is -0.137. The maximum atomic E-state index is 12.4. The summed E-state index contributed by atoms with van der Waals surface area (Å²) in [7, 11) is 1.34. The smallest absolute Gasteiger partial charge is 0.292 e. The zero-order valence-corrected chi connectivity index (χ0v) is 9.46. The number of rotatable bonds is 2. The van der Waals surface area contributed by atoms with Crippen molar-refractivity contribution in [2.24, 2.45) is 4.99 Å². The summed E-state index contributed by atoms with van der Waals surface area (Å²) >= 11 is 5.11. The van der Waals surface area contributed by atoms with E-state index in [2.05, 4.69) is 4.99 Å². The quantitative estimate of drug-likeness (QED) is 0.347. The number of carbonyl (C=O) groups is 1. The third-order valence-electron chi connectivity index (χ3n) is 1.83. The molecule has 0 fully saturated rings. The van der Waals surface area contributed by atoms with Gasteiger partial charge in [0, 0.05) is 7.05 Å². The Bertz CT molecular complexity index is 445. The van der Waals surface area contributed by atoms with Crippen LogP contribution in [0.25, 0.3) is 0 Å². The summed E-state index contributed by atoms with van der Waals surface area (Å²) < 4.78 is 37.1. The molecule has 0 saturated carbocycles. The highest BCUT2D eigenvalue weighted by atomic mass is 35.5. The molecule has 1 amide bonds. The summed E-state index contributed by atoms with van der Waals surface area (Å²) in [6.45, 7) is 0. The van der Waals surface area contributed by atoms with E-state index in [9.17, 15) is 18.0 Å². The molecule has 0 aliphatic heterocycles. The monoisotopic (exact) mass is 264 g/mol. The van der Waals surface area contributed by atoms with Crippen LogP contribution in [0.5, 0.6) is 0 Å². The number of nitrogens with zero attached hydrogens (tertiary/aromatic N) is 2. The summed E-state index contributed by atoms with van der Waals surface area (Å²) in [6, 6.07) is 4.44.